The summed E-state index contributed by atoms with van der Waals surface area (Å²) in [7, 11) is -0.903. The number of rotatable bonds is 3. The van der Waals surface area contributed by atoms with Gasteiger partial charge >= 0.3 is 0 Å². The largest absolute Gasteiger partial charge is 0.370 e. The minimum absolute atomic E-state index is 0.0540. The second kappa shape index (κ2) is 4.90. The Morgan fingerprint density at radius 1 is 1.39 bits per heavy atom. The first-order valence-electron chi connectivity index (χ1n) is 6.18. The number of nitrogens with zero attached hydrogens (tertiary/aromatic N) is 1. The second-order valence-electron chi connectivity index (χ2n) is 5.02. The molecule has 100 valence electrons. The summed E-state index contributed by atoms with van der Waals surface area (Å²) in [5, 5.41) is 0. The summed E-state index contributed by atoms with van der Waals surface area (Å²) in [6.07, 6.45) is 0.701. The zero-order chi connectivity index (χ0) is 13.3. The van der Waals surface area contributed by atoms with E-state index < -0.39 is 9.84 Å². The van der Waals surface area contributed by atoms with Crippen LogP contribution in [0.2, 0.25) is 0 Å². The summed E-state index contributed by atoms with van der Waals surface area (Å²) >= 11 is 0. The van der Waals surface area contributed by atoms with Crippen LogP contribution in [0.25, 0.3) is 0 Å². The van der Waals surface area contributed by atoms with Gasteiger partial charge in [-0.3, -0.25) is 0 Å². The Bertz CT molecular complexity index is 526. The molecule has 0 amide bonds. The van der Waals surface area contributed by atoms with Crippen LogP contribution in [0.5, 0.6) is 0 Å². The Kier molecular flexibility index (Phi) is 3.64. The fraction of sp³-hybridized carbons (Fsp3) is 0.538. The Balaban J connectivity index is 2.27. The van der Waals surface area contributed by atoms with Crippen molar-refractivity contribution < 1.29 is 8.42 Å². The van der Waals surface area contributed by atoms with Crippen molar-refractivity contribution in [1.29, 1.82) is 0 Å². The monoisotopic (exact) mass is 268 g/mol. The molecule has 5 heteroatoms. The highest BCUT2D eigenvalue weighted by atomic mass is 32.2. The van der Waals surface area contributed by atoms with E-state index >= 15 is 0 Å². The molecule has 0 bridgehead atoms. The van der Waals surface area contributed by atoms with Crippen LogP contribution in [-0.2, 0) is 9.84 Å². The summed E-state index contributed by atoms with van der Waals surface area (Å²) in [6.45, 7) is 1.94. The van der Waals surface area contributed by atoms with Gasteiger partial charge in [-0.15, -0.1) is 0 Å². The first kappa shape index (κ1) is 13.4. The van der Waals surface area contributed by atoms with Crippen molar-refractivity contribution in [2.75, 3.05) is 23.5 Å². The van der Waals surface area contributed by atoms with Gasteiger partial charge in [0.1, 0.15) is 0 Å². The maximum atomic E-state index is 11.5. The summed E-state index contributed by atoms with van der Waals surface area (Å²) in [5.74, 6) is 0.541. The van der Waals surface area contributed by atoms with E-state index in [1.54, 1.807) is 0 Å². The maximum Gasteiger partial charge on any atom is 0.152 e. The first-order valence-corrected chi connectivity index (χ1v) is 8.00. The molecule has 1 aromatic rings. The van der Waals surface area contributed by atoms with Crippen molar-refractivity contribution in [2.24, 2.45) is 5.73 Å². The van der Waals surface area contributed by atoms with Crippen molar-refractivity contribution >= 4 is 15.5 Å². The molecular formula is C13H20N2O2S. The average Bonchev–Trinajstić information content (AvgIpc) is 2.68. The molecular weight excluding hydrogens is 248 g/mol. The molecule has 4 nitrogen and oxygen atoms in total. The number of hydrogen-bond donors (Lipinski definition) is 1. The zero-order valence-corrected chi connectivity index (χ0v) is 11.7. The van der Waals surface area contributed by atoms with Gasteiger partial charge in [-0.25, -0.2) is 8.42 Å². The molecule has 1 aromatic carbocycles. The molecule has 1 aliphatic rings. The summed E-state index contributed by atoms with van der Waals surface area (Å²) < 4.78 is 23.1. The zero-order valence-electron chi connectivity index (χ0n) is 10.8. The number of benzene rings is 1. The van der Waals surface area contributed by atoms with Crippen LogP contribution >= 0.6 is 0 Å². The van der Waals surface area contributed by atoms with Crippen LogP contribution in [0.15, 0.2) is 24.3 Å². The summed E-state index contributed by atoms with van der Waals surface area (Å²) in [5.41, 5.74) is 8.06. The summed E-state index contributed by atoms with van der Waals surface area (Å²) in [4.78, 5) is 2.06. The van der Waals surface area contributed by atoms with Crippen molar-refractivity contribution in [2.45, 2.75) is 25.4 Å². The smallest absolute Gasteiger partial charge is 0.152 e. The number of anilines is 1. The van der Waals surface area contributed by atoms with E-state index in [0.717, 1.165) is 11.3 Å². The standard InChI is InChI=1S/C13H20N2O2S/c1-10(14)12-5-3-4-6-13(12)15(2)11-7-8-18(16,17)9-11/h3-6,10-11H,7-9,14H2,1-2H3. The molecule has 2 atom stereocenters. The van der Waals surface area contributed by atoms with E-state index in [9.17, 15) is 8.42 Å². The maximum absolute atomic E-state index is 11.5. The Morgan fingerprint density at radius 2 is 2.06 bits per heavy atom. The van der Waals surface area contributed by atoms with E-state index in [4.69, 9.17) is 5.73 Å². The van der Waals surface area contributed by atoms with Gasteiger partial charge in [0.15, 0.2) is 9.84 Å². The van der Waals surface area contributed by atoms with E-state index in [-0.39, 0.29) is 17.8 Å². The lowest BCUT2D eigenvalue weighted by Crippen LogP contribution is -2.33. The van der Waals surface area contributed by atoms with Crippen LogP contribution in [-0.4, -0.2) is 33.0 Å². The van der Waals surface area contributed by atoms with Gasteiger partial charge in [0, 0.05) is 24.8 Å². The molecule has 1 aliphatic heterocycles. The van der Waals surface area contributed by atoms with Gasteiger partial charge in [0.25, 0.3) is 0 Å². The van der Waals surface area contributed by atoms with E-state index in [1.807, 2.05) is 38.2 Å². The highest BCUT2D eigenvalue weighted by molar-refractivity contribution is 7.91. The van der Waals surface area contributed by atoms with Crippen LogP contribution in [0, 0.1) is 0 Å². The quantitative estimate of drug-likeness (QED) is 0.898. The van der Waals surface area contributed by atoms with Gasteiger partial charge in [-0.05, 0) is 25.0 Å². The van der Waals surface area contributed by atoms with Gasteiger partial charge < -0.3 is 10.6 Å². The molecule has 1 heterocycles. The molecule has 0 saturated carbocycles. The Morgan fingerprint density at radius 3 is 2.61 bits per heavy atom. The molecule has 18 heavy (non-hydrogen) atoms. The normalized spacial score (nSPS) is 23.8. The minimum atomic E-state index is -2.85. The predicted molar refractivity (Wildman–Crippen MR) is 74.5 cm³/mol. The topological polar surface area (TPSA) is 63.4 Å². The lowest BCUT2D eigenvalue weighted by atomic mass is 10.0. The van der Waals surface area contributed by atoms with E-state index in [0.29, 0.717) is 12.2 Å². The van der Waals surface area contributed by atoms with Crippen LogP contribution in [0.4, 0.5) is 5.69 Å². The Hall–Kier alpha value is -1.07. The second-order valence-corrected chi connectivity index (χ2v) is 7.24. The SMILES string of the molecule is CC(N)c1ccccc1N(C)C1CCS(=O)(=O)C1. The molecule has 2 N–H and O–H groups in total. The highest BCUT2D eigenvalue weighted by Crippen LogP contribution is 2.28. The lowest BCUT2D eigenvalue weighted by Gasteiger charge is -2.28. The fourth-order valence-electron chi connectivity index (χ4n) is 2.47. The first-order chi connectivity index (χ1) is 8.41. The van der Waals surface area contributed by atoms with Crippen molar-refractivity contribution in [3.63, 3.8) is 0 Å². The molecule has 1 fully saturated rings. The van der Waals surface area contributed by atoms with E-state index in [1.165, 1.54) is 0 Å². The lowest BCUT2D eigenvalue weighted by molar-refractivity contribution is 0.600. The number of hydrogen-bond acceptors (Lipinski definition) is 4. The minimum Gasteiger partial charge on any atom is -0.370 e. The van der Waals surface area contributed by atoms with Crippen LogP contribution < -0.4 is 10.6 Å². The molecule has 0 aromatic heterocycles. The molecule has 0 radical (unpaired) electrons. The molecule has 2 unspecified atom stereocenters. The van der Waals surface area contributed by atoms with Gasteiger partial charge in [0.2, 0.25) is 0 Å². The van der Waals surface area contributed by atoms with Gasteiger partial charge in [-0.2, -0.15) is 0 Å². The van der Waals surface area contributed by atoms with Crippen LogP contribution in [0.1, 0.15) is 24.9 Å². The molecule has 0 spiro atoms. The van der Waals surface area contributed by atoms with Gasteiger partial charge in [-0.1, -0.05) is 18.2 Å². The molecule has 1 saturated heterocycles. The highest BCUT2D eigenvalue weighted by Gasteiger charge is 2.31. The molecule has 0 aliphatic carbocycles. The third-order valence-electron chi connectivity index (χ3n) is 3.56. The van der Waals surface area contributed by atoms with Gasteiger partial charge in [0.05, 0.1) is 11.5 Å². The van der Waals surface area contributed by atoms with Crippen molar-refractivity contribution in [3.8, 4) is 0 Å². The number of nitrogens with two attached hydrogens (primary N) is 1. The van der Waals surface area contributed by atoms with Crippen molar-refractivity contribution in [3.05, 3.63) is 29.8 Å². The van der Waals surface area contributed by atoms with Crippen LogP contribution in [0.3, 0.4) is 0 Å². The Labute approximate surface area is 109 Å². The van der Waals surface area contributed by atoms with Crippen molar-refractivity contribution in [1.82, 2.24) is 0 Å². The third-order valence-corrected chi connectivity index (χ3v) is 5.31. The predicted octanol–water partition coefficient (Wildman–Crippen LogP) is 1.33. The number of para-hydroxylation sites is 1. The average molecular weight is 268 g/mol. The number of sulfone groups is 1. The molecule has 2 rings (SSSR count). The third kappa shape index (κ3) is 2.67. The van der Waals surface area contributed by atoms with E-state index in [2.05, 4.69) is 4.90 Å². The summed E-state index contributed by atoms with van der Waals surface area (Å²) in [6, 6.07) is 7.93. The fourth-order valence-corrected chi connectivity index (χ4v) is 4.25.